The fourth-order valence-electron chi connectivity index (χ4n) is 2.03. The Hall–Kier alpha value is -1.92. The van der Waals surface area contributed by atoms with Crippen molar-refractivity contribution in [3.05, 3.63) is 53.7 Å². The van der Waals surface area contributed by atoms with Crippen LogP contribution in [-0.2, 0) is 10.0 Å². The number of aromatic nitrogens is 1. The minimum atomic E-state index is -3.62. The van der Waals surface area contributed by atoms with Gasteiger partial charge in [0.15, 0.2) is 0 Å². The maximum absolute atomic E-state index is 12.3. The maximum Gasteiger partial charge on any atom is 0.241 e. The summed E-state index contributed by atoms with van der Waals surface area (Å²) in [5.41, 5.74) is 7.50. The third-order valence-electron chi connectivity index (χ3n) is 3.05. The van der Waals surface area contributed by atoms with E-state index in [4.69, 9.17) is 5.73 Å². The smallest absolute Gasteiger partial charge is 0.241 e. The minimum Gasteiger partial charge on any atom is -0.384 e. The summed E-state index contributed by atoms with van der Waals surface area (Å²) in [7, 11) is -3.62. The third kappa shape index (κ3) is 3.15. The number of nitrogens with one attached hydrogen (secondary N) is 1. The SMILES string of the molecule is Cc1ccccc1C(C)NS(=O)(=O)c1ccnc(N)c1. The van der Waals surface area contributed by atoms with Crippen molar-refractivity contribution in [2.45, 2.75) is 24.8 Å². The summed E-state index contributed by atoms with van der Waals surface area (Å²) < 4.78 is 27.2. The van der Waals surface area contributed by atoms with Gasteiger partial charge < -0.3 is 5.73 Å². The molecule has 1 aromatic carbocycles. The van der Waals surface area contributed by atoms with E-state index in [1.807, 2.05) is 38.1 Å². The monoisotopic (exact) mass is 291 g/mol. The fourth-order valence-corrected chi connectivity index (χ4v) is 3.28. The maximum atomic E-state index is 12.3. The second-order valence-electron chi connectivity index (χ2n) is 4.62. The Balaban J connectivity index is 2.27. The number of rotatable bonds is 4. The number of hydrogen-bond acceptors (Lipinski definition) is 4. The number of aryl methyl sites for hydroxylation is 1. The normalized spacial score (nSPS) is 13.1. The highest BCUT2D eigenvalue weighted by atomic mass is 32.2. The molecular formula is C14H17N3O2S. The lowest BCUT2D eigenvalue weighted by Gasteiger charge is -2.16. The number of hydrogen-bond donors (Lipinski definition) is 2. The molecule has 2 aromatic rings. The van der Waals surface area contributed by atoms with Crippen molar-refractivity contribution in [1.82, 2.24) is 9.71 Å². The van der Waals surface area contributed by atoms with Gasteiger partial charge in [0.05, 0.1) is 4.90 Å². The summed E-state index contributed by atoms with van der Waals surface area (Å²) in [4.78, 5) is 3.91. The van der Waals surface area contributed by atoms with Crippen LogP contribution in [0.5, 0.6) is 0 Å². The quantitative estimate of drug-likeness (QED) is 0.902. The standard InChI is InChI=1S/C14H17N3O2S/c1-10-5-3-4-6-13(10)11(2)17-20(18,19)12-7-8-16-14(15)9-12/h3-9,11,17H,1-2H3,(H2,15,16). The molecule has 0 radical (unpaired) electrons. The second kappa shape index (κ2) is 5.60. The molecule has 1 heterocycles. The molecule has 0 saturated heterocycles. The topological polar surface area (TPSA) is 85.1 Å². The highest BCUT2D eigenvalue weighted by molar-refractivity contribution is 7.89. The zero-order valence-electron chi connectivity index (χ0n) is 11.4. The van der Waals surface area contributed by atoms with Gasteiger partial charge in [-0.2, -0.15) is 0 Å². The summed E-state index contributed by atoms with van der Waals surface area (Å²) >= 11 is 0. The van der Waals surface area contributed by atoms with Crippen LogP contribution < -0.4 is 10.5 Å². The Kier molecular flexibility index (Phi) is 4.06. The van der Waals surface area contributed by atoms with Gasteiger partial charge in [0, 0.05) is 18.3 Å². The Morgan fingerprint density at radius 2 is 1.95 bits per heavy atom. The summed E-state index contributed by atoms with van der Waals surface area (Å²) in [6.07, 6.45) is 1.38. The molecule has 0 aliphatic heterocycles. The molecule has 20 heavy (non-hydrogen) atoms. The summed E-state index contributed by atoms with van der Waals surface area (Å²) in [6.45, 7) is 3.76. The first-order valence-electron chi connectivity index (χ1n) is 6.19. The number of sulfonamides is 1. The van der Waals surface area contributed by atoms with Gasteiger partial charge in [0.2, 0.25) is 10.0 Å². The van der Waals surface area contributed by atoms with E-state index in [-0.39, 0.29) is 16.8 Å². The Bertz CT molecular complexity index is 714. The van der Waals surface area contributed by atoms with E-state index in [1.54, 1.807) is 0 Å². The van der Waals surface area contributed by atoms with Gasteiger partial charge in [0.1, 0.15) is 5.82 Å². The Morgan fingerprint density at radius 1 is 1.25 bits per heavy atom. The van der Waals surface area contributed by atoms with Gasteiger partial charge in [-0.25, -0.2) is 18.1 Å². The van der Waals surface area contributed by atoms with Crippen molar-refractivity contribution in [3.8, 4) is 0 Å². The van der Waals surface area contributed by atoms with Gasteiger partial charge in [-0.1, -0.05) is 24.3 Å². The Morgan fingerprint density at radius 3 is 2.60 bits per heavy atom. The van der Waals surface area contributed by atoms with Crippen LogP contribution in [0.15, 0.2) is 47.5 Å². The number of nitrogens with zero attached hydrogens (tertiary/aromatic N) is 1. The van der Waals surface area contributed by atoms with Gasteiger partial charge in [-0.05, 0) is 31.0 Å². The average molecular weight is 291 g/mol. The van der Waals surface area contributed by atoms with Crippen molar-refractivity contribution in [2.24, 2.45) is 0 Å². The van der Waals surface area contributed by atoms with Gasteiger partial charge in [-0.15, -0.1) is 0 Å². The highest BCUT2D eigenvalue weighted by Crippen LogP contribution is 2.20. The summed E-state index contributed by atoms with van der Waals surface area (Å²) in [5.74, 6) is 0.177. The van der Waals surface area contributed by atoms with E-state index in [0.717, 1.165) is 11.1 Å². The van der Waals surface area contributed by atoms with Gasteiger partial charge >= 0.3 is 0 Å². The molecule has 2 rings (SSSR count). The molecule has 3 N–H and O–H groups in total. The summed E-state index contributed by atoms with van der Waals surface area (Å²) in [5, 5.41) is 0. The first-order valence-corrected chi connectivity index (χ1v) is 7.68. The molecule has 0 bridgehead atoms. The minimum absolute atomic E-state index is 0.116. The van der Waals surface area contributed by atoms with Crippen LogP contribution >= 0.6 is 0 Å². The third-order valence-corrected chi connectivity index (χ3v) is 4.59. The molecule has 6 heteroatoms. The number of benzene rings is 1. The van der Waals surface area contributed by atoms with Crippen LogP contribution in [0, 0.1) is 6.92 Å². The van der Waals surface area contributed by atoms with Crippen LogP contribution in [0.3, 0.4) is 0 Å². The van der Waals surface area contributed by atoms with Crippen molar-refractivity contribution >= 4 is 15.8 Å². The van der Waals surface area contributed by atoms with Gasteiger partial charge in [-0.3, -0.25) is 0 Å². The average Bonchev–Trinajstić information content (AvgIpc) is 2.38. The number of pyridine rings is 1. The predicted molar refractivity (Wildman–Crippen MR) is 78.6 cm³/mol. The van der Waals surface area contributed by atoms with E-state index >= 15 is 0 Å². The van der Waals surface area contributed by atoms with E-state index < -0.39 is 10.0 Å². The fraction of sp³-hybridized carbons (Fsp3) is 0.214. The lowest BCUT2D eigenvalue weighted by molar-refractivity contribution is 0.566. The van der Waals surface area contributed by atoms with Gasteiger partial charge in [0.25, 0.3) is 0 Å². The molecule has 1 unspecified atom stereocenters. The first kappa shape index (κ1) is 14.5. The largest absolute Gasteiger partial charge is 0.384 e. The lowest BCUT2D eigenvalue weighted by atomic mass is 10.0. The van der Waals surface area contributed by atoms with E-state index in [0.29, 0.717) is 0 Å². The van der Waals surface area contributed by atoms with Crippen LogP contribution in [0.1, 0.15) is 24.1 Å². The van der Waals surface area contributed by atoms with Crippen molar-refractivity contribution < 1.29 is 8.42 Å². The molecule has 0 saturated carbocycles. The van der Waals surface area contributed by atoms with Crippen LogP contribution in [0.25, 0.3) is 0 Å². The molecule has 0 aliphatic rings. The van der Waals surface area contributed by atoms with Crippen LogP contribution in [-0.4, -0.2) is 13.4 Å². The van der Waals surface area contributed by atoms with Crippen molar-refractivity contribution in [2.75, 3.05) is 5.73 Å². The molecule has 0 spiro atoms. The predicted octanol–water partition coefficient (Wildman–Crippen LogP) is 2.01. The molecule has 0 amide bonds. The van der Waals surface area contributed by atoms with Crippen molar-refractivity contribution in [3.63, 3.8) is 0 Å². The lowest BCUT2D eigenvalue weighted by Crippen LogP contribution is -2.27. The number of nitrogen functional groups attached to an aromatic ring is 1. The number of nitrogens with two attached hydrogens (primary N) is 1. The molecule has 0 aliphatic carbocycles. The van der Waals surface area contributed by atoms with Crippen molar-refractivity contribution in [1.29, 1.82) is 0 Å². The zero-order chi connectivity index (χ0) is 14.8. The Labute approximate surface area is 118 Å². The molecule has 106 valence electrons. The first-order chi connectivity index (χ1) is 9.40. The zero-order valence-corrected chi connectivity index (χ0v) is 12.2. The number of anilines is 1. The molecule has 0 fully saturated rings. The second-order valence-corrected chi connectivity index (χ2v) is 6.33. The molecule has 1 aromatic heterocycles. The molecule has 5 nitrogen and oxygen atoms in total. The highest BCUT2D eigenvalue weighted by Gasteiger charge is 2.19. The molecule has 1 atom stereocenters. The van der Waals surface area contributed by atoms with E-state index in [2.05, 4.69) is 9.71 Å². The van der Waals surface area contributed by atoms with Crippen LogP contribution in [0.4, 0.5) is 5.82 Å². The van der Waals surface area contributed by atoms with Crippen LogP contribution in [0.2, 0.25) is 0 Å². The molecular weight excluding hydrogens is 274 g/mol. The van der Waals surface area contributed by atoms with E-state index in [1.165, 1.54) is 18.3 Å². The van der Waals surface area contributed by atoms with E-state index in [9.17, 15) is 8.42 Å². The summed E-state index contributed by atoms with van der Waals surface area (Å²) in [6, 6.07) is 10.1.